The maximum Gasteiger partial charge on any atom is 0.302 e. The average Bonchev–Trinajstić information content (AvgIpc) is 3.82. The summed E-state index contributed by atoms with van der Waals surface area (Å²) in [6, 6.07) is 24.1. The van der Waals surface area contributed by atoms with Crippen LogP contribution in [0.3, 0.4) is 0 Å². The van der Waals surface area contributed by atoms with Crippen molar-refractivity contribution in [3.05, 3.63) is 129 Å². The number of esters is 1. The first-order valence-corrected chi connectivity index (χ1v) is 22.8. The Kier molecular flexibility index (Phi) is 11.2. The number of methoxy groups -OCH3 is 1. The van der Waals surface area contributed by atoms with Gasteiger partial charge in [0.25, 0.3) is 0 Å². The van der Waals surface area contributed by atoms with E-state index in [1.54, 1.807) is 19.2 Å². The summed E-state index contributed by atoms with van der Waals surface area (Å²) in [5, 5.41) is 29.7. The zero-order chi connectivity index (χ0) is 45.0. The third kappa shape index (κ3) is 7.52. The molecule has 1 saturated carbocycles. The number of aryl methyl sites for hydroxylation is 1. The summed E-state index contributed by atoms with van der Waals surface area (Å²) in [7, 11) is 5.41. The molecule has 1 fully saturated rings. The van der Waals surface area contributed by atoms with Crippen molar-refractivity contribution < 1.29 is 34.0 Å². The minimum absolute atomic E-state index is 0.00244. The number of phenols is 2. The van der Waals surface area contributed by atoms with E-state index in [1.807, 2.05) is 32.3 Å². The molecule has 2 aliphatic carbocycles. The van der Waals surface area contributed by atoms with Gasteiger partial charge >= 0.3 is 5.97 Å². The number of pyridine rings is 1. The van der Waals surface area contributed by atoms with Crippen LogP contribution < -0.4 is 30.6 Å². The highest BCUT2D eigenvalue weighted by molar-refractivity contribution is 5.84. The SMILES string of the molecule is CNCC1Oc2c(O)cc3c(c2C=CC1NC)C1Oc2c(ccc4c2C2(CCC(C2)C(CCc2ccccc2)c2ccc(N)nc2C#CC3)Cc2cc(O)cc(OC)c2-4)C1COC(C)=O. The zero-order valence-electron chi connectivity index (χ0n) is 37.4. The first-order chi connectivity index (χ1) is 31.6. The summed E-state index contributed by atoms with van der Waals surface area (Å²) in [4.78, 5) is 17.6. The maximum absolute atomic E-state index is 12.7. The van der Waals surface area contributed by atoms with E-state index in [0.29, 0.717) is 41.5 Å². The second kappa shape index (κ2) is 17.1. The van der Waals surface area contributed by atoms with Gasteiger partial charge in [0.05, 0.1) is 19.1 Å². The van der Waals surface area contributed by atoms with Gasteiger partial charge < -0.3 is 45.5 Å². The van der Waals surface area contributed by atoms with Crippen molar-refractivity contribution in [3.8, 4) is 51.7 Å². The molecule has 0 saturated heterocycles. The Labute approximate surface area is 380 Å². The summed E-state index contributed by atoms with van der Waals surface area (Å²) in [6.45, 7) is 2.03. The molecule has 3 aliphatic heterocycles. The molecule has 11 nitrogen and oxygen atoms in total. The number of anilines is 1. The van der Waals surface area contributed by atoms with E-state index in [2.05, 4.69) is 77.1 Å². The maximum atomic E-state index is 12.7. The van der Waals surface area contributed by atoms with Crippen molar-refractivity contribution in [2.24, 2.45) is 5.92 Å². The van der Waals surface area contributed by atoms with Crippen LogP contribution in [0.1, 0.15) is 101 Å². The van der Waals surface area contributed by atoms with Crippen LogP contribution in [0, 0.1) is 17.8 Å². The van der Waals surface area contributed by atoms with Crippen LogP contribution in [0.2, 0.25) is 0 Å². The van der Waals surface area contributed by atoms with Crippen molar-refractivity contribution in [1.82, 2.24) is 15.6 Å². The van der Waals surface area contributed by atoms with E-state index in [4.69, 9.17) is 29.7 Å². The third-order valence-electron chi connectivity index (χ3n) is 14.6. The minimum atomic E-state index is -0.661. The molecule has 7 unspecified atom stereocenters. The number of likely N-dealkylation sites (N-methyl/N-ethyl adjacent to an activating group) is 2. The molecule has 6 N–H and O–H groups in total. The summed E-state index contributed by atoms with van der Waals surface area (Å²) >= 11 is 0. The van der Waals surface area contributed by atoms with E-state index in [0.717, 1.165) is 82.4 Å². The number of hydrogen-bond acceptors (Lipinski definition) is 11. The van der Waals surface area contributed by atoms with E-state index in [-0.39, 0.29) is 54.5 Å². The molecule has 4 heterocycles. The quantitative estimate of drug-likeness (QED) is 0.0722. The number of carbonyl (C=O) groups is 1. The molecule has 0 amide bonds. The lowest BCUT2D eigenvalue weighted by atomic mass is 9.64. The van der Waals surface area contributed by atoms with Crippen molar-refractivity contribution >= 4 is 17.9 Å². The molecule has 334 valence electrons. The molecule has 10 rings (SSSR count). The lowest BCUT2D eigenvalue weighted by Crippen LogP contribution is -2.44. The van der Waals surface area contributed by atoms with E-state index < -0.39 is 17.4 Å². The summed E-state index contributed by atoms with van der Waals surface area (Å²) in [5.41, 5.74) is 16.4. The van der Waals surface area contributed by atoms with Crippen molar-refractivity contribution in [2.75, 3.05) is 40.1 Å². The summed E-state index contributed by atoms with van der Waals surface area (Å²) in [5.74, 6) is 8.81. The summed E-state index contributed by atoms with van der Waals surface area (Å²) in [6.07, 6.45) is 8.45. The van der Waals surface area contributed by atoms with E-state index in [9.17, 15) is 15.0 Å². The third-order valence-corrected chi connectivity index (χ3v) is 14.6. The predicted molar refractivity (Wildman–Crippen MR) is 251 cm³/mol. The van der Waals surface area contributed by atoms with Crippen LogP contribution >= 0.6 is 0 Å². The van der Waals surface area contributed by atoms with E-state index in [1.165, 1.54) is 12.5 Å². The van der Waals surface area contributed by atoms with Gasteiger partial charge in [-0.25, -0.2) is 4.98 Å². The molecule has 5 aliphatic rings. The Balaban J connectivity index is 1.24. The van der Waals surface area contributed by atoms with Gasteiger partial charge in [0.2, 0.25) is 0 Å². The van der Waals surface area contributed by atoms with Crippen LogP contribution in [0.5, 0.6) is 28.7 Å². The molecule has 4 bridgehead atoms. The number of benzene rings is 4. The van der Waals surface area contributed by atoms with Gasteiger partial charge in [-0.2, -0.15) is 0 Å². The Morgan fingerprint density at radius 2 is 1.83 bits per heavy atom. The zero-order valence-corrected chi connectivity index (χ0v) is 37.4. The second-order valence-electron chi connectivity index (χ2n) is 18.4. The molecule has 11 heteroatoms. The number of phenolic OH excluding ortho intramolecular Hbond substituents is 2. The molecule has 1 spiro atoms. The monoisotopic (exact) mass is 872 g/mol. The molecular weight excluding hydrogens is 817 g/mol. The van der Waals surface area contributed by atoms with Gasteiger partial charge in [-0.3, -0.25) is 4.79 Å². The molecule has 7 atom stereocenters. The molecule has 0 radical (unpaired) electrons. The first kappa shape index (κ1) is 42.5. The number of nitrogens with two attached hydrogens (primary N) is 1. The number of fused-ring (bicyclic) bond motifs is 9. The van der Waals surface area contributed by atoms with Crippen LogP contribution in [0.25, 0.3) is 17.2 Å². The Bertz CT molecular complexity index is 2780. The molecular formula is C54H56N4O7. The van der Waals surface area contributed by atoms with Crippen molar-refractivity contribution in [3.63, 3.8) is 0 Å². The Morgan fingerprint density at radius 3 is 2.62 bits per heavy atom. The smallest absolute Gasteiger partial charge is 0.302 e. The number of aromatic hydroxyl groups is 2. The number of hydrogen-bond donors (Lipinski definition) is 5. The largest absolute Gasteiger partial charge is 0.508 e. The van der Waals surface area contributed by atoms with Crippen LogP contribution in [-0.2, 0) is 34.2 Å². The molecule has 1 aromatic heterocycles. The van der Waals surface area contributed by atoms with E-state index >= 15 is 0 Å². The topological polar surface area (TPSA) is 157 Å². The van der Waals surface area contributed by atoms with Crippen molar-refractivity contribution in [1.29, 1.82) is 0 Å². The first-order valence-electron chi connectivity index (χ1n) is 22.8. The standard InChI is InChI=1S/C54H56N4O7/c1-30(59)63-29-41-38-15-16-39-48-34(23-35(60)25-45(48)62-4)27-54-22-21-33(26-54)36(14-13-31-9-6-5-7-10-31)37-18-20-47(55)58-42(37)12-8-11-32-24-44(61)51-40(49(32)52(41)65-53(38)50(39)54)17-19-43(57-3)46(64-51)28-56-2/h5-7,9-10,15-20,23-25,33,36,41,43,46,52,56-57,60-61H,11,13-14,21-22,26-29H2,1-4H3,(H2,55,58). The highest BCUT2D eigenvalue weighted by Crippen LogP contribution is 2.64. The fourth-order valence-electron chi connectivity index (χ4n) is 11.8. The lowest BCUT2D eigenvalue weighted by Gasteiger charge is -2.39. The molecule has 5 aromatic rings. The number of carbonyl (C=O) groups excluding carboxylic acids is 1. The number of nitrogen functional groups attached to an aromatic ring is 1. The Morgan fingerprint density at radius 1 is 1.00 bits per heavy atom. The van der Waals surface area contributed by atoms with Gasteiger partial charge in [0.1, 0.15) is 47.6 Å². The molecule has 65 heavy (non-hydrogen) atoms. The summed E-state index contributed by atoms with van der Waals surface area (Å²) < 4.78 is 26.3. The molecule has 4 aromatic carbocycles. The second-order valence-corrected chi connectivity index (χ2v) is 18.4. The number of nitrogens with zero attached hydrogens (tertiary/aromatic N) is 1. The van der Waals surface area contributed by atoms with Crippen LogP contribution in [-0.4, -0.2) is 67.7 Å². The van der Waals surface area contributed by atoms with Crippen LogP contribution in [0.15, 0.2) is 78.9 Å². The predicted octanol–water partition coefficient (Wildman–Crippen LogP) is 8.03. The highest BCUT2D eigenvalue weighted by Gasteiger charge is 2.52. The normalized spacial score (nSPS) is 24.2. The van der Waals surface area contributed by atoms with Gasteiger partial charge in [0, 0.05) is 59.2 Å². The number of nitrogens with one attached hydrogen (secondary N) is 2. The van der Waals surface area contributed by atoms with Gasteiger partial charge in [-0.1, -0.05) is 66.6 Å². The lowest BCUT2D eigenvalue weighted by molar-refractivity contribution is -0.141. The number of ether oxygens (including phenoxy) is 4. The van der Waals surface area contributed by atoms with Gasteiger partial charge in [-0.15, -0.1) is 0 Å². The fraction of sp³-hybridized carbons (Fsp3) is 0.370. The average molecular weight is 873 g/mol. The number of aromatic nitrogens is 1. The van der Waals surface area contributed by atoms with Gasteiger partial charge in [-0.05, 0) is 116 Å². The van der Waals surface area contributed by atoms with Crippen molar-refractivity contribution in [2.45, 2.75) is 87.4 Å². The van der Waals surface area contributed by atoms with Crippen LogP contribution in [0.4, 0.5) is 5.82 Å². The highest BCUT2D eigenvalue weighted by atomic mass is 16.5. The van der Waals surface area contributed by atoms with Gasteiger partial charge in [0.15, 0.2) is 11.5 Å². The fourth-order valence-corrected chi connectivity index (χ4v) is 11.8. The minimum Gasteiger partial charge on any atom is -0.508 e. The Hall–Kier alpha value is -6.48. The number of rotatable bonds is 9.